The summed E-state index contributed by atoms with van der Waals surface area (Å²) in [5.41, 5.74) is 6.95. The maximum Gasteiger partial charge on any atom is 0.142 e. The Labute approximate surface area is 113 Å². The van der Waals surface area contributed by atoms with Gasteiger partial charge in [0, 0.05) is 16.2 Å². The first-order valence-electron chi connectivity index (χ1n) is 5.33. The van der Waals surface area contributed by atoms with E-state index in [-0.39, 0.29) is 5.82 Å². The highest BCUT2D eigenvalue weighted by molar-refractivity contribution is 9.10. The number of benzene rings is 1. The molecule has 2 N–H and O–H groups in total. The fourth-order valence-corrected chi connectivity index (χ4v) is 2.04. The van der Waals surface area contributed by atoms with Gasteiger partial charge >= 0.3 is 0 Å². The number of halogens is 2. The van der Waals surface area contributed by atoms with E-state index in [4.69, 9.17) is 10.5 Å². The Bertz CT molecular complexity index is 562. The van der Waals surface area contributed by atoms with Gasteiger partial charge in [-0.05, 0) is 24.3 Å². The van der Waals surface area contributed by atoms with Crippen molar-refractivity contribution in [1.29, 1.82) is 0 Å². The van der Waals surface area contributed by atoms with Crippen molar-refractivity contribution in [2.45, 2.75) is 6.04 Å². The number of methoxy groups -OCH3 is 1. The molecule has 0 radical (unpaired) electrons. The molecule has 1 aromatic carbocycles. The number of hydrogen-bond donors (Lipinski definition) is 1. The van der Waals surface area contributed by atoms with E-state index in [1.54, 1.807) is 30.5 Å². The third-order valence-corrected chi connectivity index (χ3v) is 3.11. The Morgan fingerprint density at radius 3 is 2.83 bits per heavy atom. The Morgan fingerprint density at radius 2 is 2.17 bits per heavy atom. The van der Waals surface area contributed by atoms with Crippen LogP contribution in [0.4, 0.5) is 4.39 Å². The first-order valence-corrected chi connectivity index (χ1v) is 6.12. The zero-order chi connectivity index (χ0) is 13.1. The van der Waals surface area contributed by atoms with Gasteiger partial charge in [0.1, 0.15) is 17.3 Å². The molecule has 0 aliphatic heterocycles. The standard InChI is InChI=1S/C13H12BrFN2O/c1-18-11-3-2-6-17-13(11)12(16)9-5-4-8(14)7-10(9)15/h2-7,12H,16H2,1H3. The molecular formula is C13H12BrFN2O. The summed E-state index contributed by atoms with van der Waals surface area (Å²) in [4.78, 5) is 4.16. The summed E-state index contributed by atoms with van der Waals surface area (Å²) in [5.74, 6) is 0.178. The van der Waals surface area contributed by atoms with Crippen LogP contribution in [0.25, 0.3) is 0 Å². The van der Waals surface area contributed by atoms with Crippen LogP contribution < -0.4 is 10.5 Å². The lowest BCUT2D eigenvalue weighted by atomic mass is 10.0. The molecule has 0 bridgehead atoms. The van der Waals surface area contributed by atoms with Gasteiger partial charge in [-0.15, -0.1) is 0 Å². The van der Waals surface area contributed by atoms with E-state index >= 15 is 0 Å². The maximum atomic E-state index is 13.8. The minimum atomic E-state index is -0.658. The lowest BCUT2D eigenvalue weighted by molar-refractivity contribution is 0.404. The minimum Gasteiger partial charge on any atom is -0.495 e. The number of aromatic nitrogens is 1. The summed E-state index contributed by atoms with van der Waals surface area (Å²) in [7, 11) is 1.53. The van der Waals surface area contributed by atoms with Crippen molar-refractivity contribution in [1.82, 2.24) is 4.98 Å². The van der Waals surface area contributed by atoms with Gasteiger partial charge in [0.2, 0.25) is 0 Å². The third-order valence-electron chi connectivity index (χ3n) is 2.61. The average molecular weight is 311 g/mol. The van der Waals surface area contributed by atoms with Crippen LogP contribution in [0.2, 0.25) is 0 Å². The Morgan fingerprint density at radius 1 is 1.39 bits per heavy atom. The van der Waals surface area contributed by atoms with E-state index in [0.29, 0.717) is 21.5 Å². The first kappa shape index (κ1) is 13.0. The van der Waals surface area contributed by atoms with Gasteiger partial charge in [0.25, 0.3) is 0 Å². The van der Waals surface area contributed by atoms with Gasteiger partial charge in [0.05, 0.1) is 13.2 Å². The van der Waals surface area contributed by atoms with Crippen molar-refractivity contribution < 1.29 is 9.13 Å². The highest BCUT2D eigenvalue weighted by Crippen LogP contribution is 2.28. The zero-order valence-corrected chi connectivity index (χ0v) is 11.3. The van der Waals surface area contributed by atoms with Gasteiger partial charge < -0.3 is 10.5 Å². The van der Waals surface area contributed by atoms with Crippen molar-refractivity contribution in [3.05, 3.63) is 58.1 Å². The number of hydrogen-bond acceptors (Lipinski definition) is 3. The minimum absolute atomic E-state index is 0.371. The van der Waals surface area contributed by atoms with Gasteiger partial charge in [-0.2, -0.15) is 0 Å². The molecule has 2 rings (SSSR count). The van der Waals surface area contributed by atoms with Crippen molar-refractivity contribution >= 4 is 15.9 Å². The summed E-state index contributed by atoms with van der Waals surface area (Å²) >= 11 is 3.21. The Hall–Kier alpha value is -1.46. The number of pyridine rings is 1. The Balaban J connectivity index is 2.44. The quantitative estimate of drug-likeness (QED) is 0.948. The van der Waals surface area contributed by atoms with E-state index in [9.17, 15) is 4.39 Å². The maximum absolute atomic E-state index is 13.8. The van der Waals surface area contributed by atoms with Crippen LogP contribution >= 0.6 is 15.9 Å². The number of ether oxygens (including phenoxy) is 1. The first-order chi connectivity index (χ1) is 8.63. The van der Waals surface area contributed by atoms with Crippen LogP contribution in [0.5, 0.6) is 5.75 Å². The fourth-order valence-electron chi connectivity index (χ4n) is 1.71. The molecular weight excluding hydrogens is 299 g/mol. The molecule has 0 amide bonds. The molecule has 0 spiro atoms. The second kappa shape index (κ2) is 5.46. The number of nitrogens with two attached hydrogens (primary N) is 1. The van der Waals surface area contributed by atoms with E-state index < -0.39 is 6.04 Å². The summed E-state index contributed by atoms with van der Waals surface area (Å²) in [6, 6.07) is 7.59. The molecule has 1 heterocycles. The van der Waals surface area contributed by atoms with Crippen LogP contribution in [-0.2, 0) is 0 Å². The second-order valence-electron chi connectivity index (χ2n) is 3.73. The molecule has 0 saturated carbocycles. The monoisotopic (exact) mass is 310 g/mol. The average Bonchev–Trinajstić information content (AvgIpc) is 2.38. The van der Waals surface area contributed by atoms with Crippen LogP contribution in [0.1, 0.15) is 17.3 Å². The van der Waals surface area contributed by atoms with Gasteiger partial charge in [-0.25, -0.2) is 4.39 Å². The molecule has 2 aromatic rings. The molecule has 1 unspecified atom stereocenters. The summed E-state index contributed by atoms with van der Waals surface area (Å²) < 4.78 is 19.7. The number of nitrogens with zero attached hydrogens (tertiary/aromatic N) is 1. The molecule has 0 fully saturated rings. The van der Waals surface area contributed by atoms with E-state index in [1.807, 2.05) is 0 Å². The lowest BCUT2D eigenvalue weighted by Crippen LogP contribution is -2.16. The SMILES string of the molecule is COc1cccnc1C(N)c1ccc(Br)cc1F. The topological polar surface area (TPSA) is 48.1 Å². The lowest BCUT2D eigenvalue weighted by Gasteiger charge is -2.15. The summed E-state index contributed by atoms with van der Waals surface area (Å²) in [6.07, 6.45) is 1.61. The zero-order valence-electron chi connectivity index (χ0n) is 9.73. The molecule has 5 heteroatoms. The van der Waals surface area contributed by atoms with Crippen molar-refractivity contribution in [3.63, 3.8) is 0 Å². The van der Waals surface area contributed by atoms with Crippen LogP contribution in [0.3, 0.4) is 0 Å². The predicted molar refractivity (Wildman–Crippen MR) is 70.9 cm³/mol. The van der Waals surface area contributed by atoms with Crippen molar-refractivity contribution in [3.8, 4) is 5.75 Å². The molecule has 18 heavy (non-hydrogen) atoms. The van der Waals surface area contributed by atoms with Crippen molar-refractivity contribution in [2.75, 3.05) is 7.11 Å². The highest BCUT2D eigenvalue weighted by Gasteiger charge is 2.18. The van der Waals surface area contributed by atoms with E-state index in [0.717, 1.165) is 0 Å². The summed E-state index contributed by atoms with van der Waals surface area (Å²) in [6.45, 7) is 0. The van der Waals surface area contributed by atoms with E-state index in [2.05, 4.69) is 20.9 Å². The second-order valence-corrected chi connectivity index (χ2v) is 4.65. The van der Waals surface area contributed by atoms with Gasteiger partial charge in [-0.3, -0.25) is 4.98 Å². The molecule has 0 aliphatic rings. The molecule has 1 aromatic heterocycles. The number of rotatable bonds is 3. The molecule has 94 valence electrons. The third kappa shape index (κ3) is 2.52. The van der Waals surface area contributed by atoms with Crippen LogP contribution in [0.15, 0.2) is 41.0 Å². The largest absolute Gasteiger partial charge is 0.495 e. The summed E-state index contributed by atoms with van der Waals surface area (Å²) in [5, 5.41) is 0. The van der Waals surface area contributed by atoms with Gasteiger partial charge in [0.15, 0.2) is 0 Å². The van der Waals surface area contributed by atoms with Crippen LogP contribution in [0, 0.1) is 5.82 Å². The molecule has 1 atom stereocenters. The van der Waals surface area contributed by atoms with Crippen LogP contribution in [-0.4, -0.2) is 12.1 Å². The van der Waals surface area contributed by atoms with E-state index in [1.165, 1.54) is 13.2 Å². The molecule has 0 aliphatic carbocycles. The predicted octanol–water partition coefficient (Wildman–Crippen LogP) is 3.04. The molecule has 0 saturated heterocycles. The highest BCUT2D eigenvalue weighted by atomic mass is 79.9. The fraction of sp³-hybridized carbons (Fsp3) is 0.154. The molecule has 3 nitrogen and oxygen atoms in total. The van der Waals surface area contributed by atoms with Crippen molar-refractivity contribution in [2.24, 2.45) is 5.73 Å². The van der Waals surface area contributed by atoms with Gasteiger partial charge in [-0.1, -0.05) is 22.0 Å². The normalized spacial score (nSPS) is 12.2. The Kier molecular flexibility index (Phi) is 3.93. The smallest absolute Gasteiger partial charge is 0.142 e.